The highest BCUT2D eigenvalue weighted by atomic mass is 35.5. The second kappa shape index (κ2) is 9.30. The van der Waals surface area contributed by atoms with Crippen molar-refractivity contribution in [2.45, 2.75) is 38.8 Å². The Morgan fingerprint density at radius 2 is 2.00 bits per heavy atom. The van der Waals surface area contributed by atoms with Crippen LogP contribution in [-0.4, -0.2) is 40.8 Å². The number of rotatable bonds is 6. The molecule has 1 fully saturated rings. The van der Waals surface area contributed by atoms with Gasteiger partial charge in [-0.25, -0.2) is 4.98 Å². The molecular formula is C19H23ClN4O2S. The van der Waals surface area contributed by atoms with E-state index in [2.05, 4.69) is 20.5 Å². The van der Waals surface area contributed by atoms with Gasteiger partial charge in [0.25, 0.3) is 5.91 Å². The van der Waals surface area contributed by atoms with E-state index < -0.39 is 6.04 Å². The van der Waals surface area contributed by atoms with Crippen LogP contribution in [0.25, 0.3) is 0 Å². The average Bonchev–Trinajstić information content (AvgIpc) is 3.09. The lowest BCUT2D eigenvalue weighted by Gasteiger charge is -2.25. The maximum absolute atomic E-state index is 12.4. The monoisotopic (exact) mass is 406 g/mol. The lowest BCUT2D eigenvalue weighted by molar-refractivity contribution is -0.117. The molecule has 1 unspecified atom stereocenters. The number of carbonyl (C=O) groups excluding carboxylic acids is 2. The number of anilines is 1. The van der Waals surface area contributed by atoms with Gasteiger partial charge in [-0.2, -0.15) is 0 Å². The Bertz CT molecular complexity index is 805. The summed E-state index contributed by atoms with van der Waals surface area (Å²) >= 11 is 7.42. The molecular weight excluding hydrogens is 384 g/mol. The second-order valence-corrected chi connectivity index (χ2v) is 7.91. The number of hydrogen-bond acceptors (Lipinski definition) is 5. The third-order valence-electron chi connectivity index (χ3n) is 4.48. The first-order valence-corrected chi connectivity index (χ1v) is 10.3. The topological polar surface area (TPSA) is 74.3 Å². The van der Waals surface area contributed by atoms with Crippen LogP contribution < -0.4 is 10.6 Å². The molecule has 2 aromatic rings. The largest absolute Gasteiger partial charge is 0.340 e. The maximum Gasteiger partial charge on any atom is 0.253 e. The van der Waals surface area contributed by atoms with Crippen LogP contribution in [0.5, 0.6) is 0 Å². The van der Waals surface area contributed by atoms with Crippen LogP contribution in [0.2, 0.25) is 5.02 Å². The van der Waals surface area contributed by atoms with Crippen molar-refractivity contribution in [3.05, 3.63) is 45.9 Å². The van der Waals surface area contributed by atoms with E-state index in [0.717, 1.165) is 25.3 Å². The Hall–Kier alpha value is -1.96. The van der Waals surface area contributed by atoms with Crippen molar-refractivity contribution in [2.75, 3.05) is 18.4 Å². The van der Waals surface area contributed by atoms with E-state index in [0.29, 0.717) is 15.7 Å². The summed E-state index contributed by atoms with van der Waals surface area (Å²) in [6.07, 6.45) is 3.76. The van der Waals surface area contributed by atoms with Gasteiger partial charge in [0, 0.05) is 11.9 Å². The van der Waals surface area contributed by atoms with Gasteiger partial charge in [-0.1, -0.05) is 30.2 Å². The zero-order valence-electron chi connectivity index (χ0n) is 15.2. The Morgan fingerprint density at radius 3 is 2.74 bits per heavy atom. The number of likely N-dealkylation sites (tertiary alicyclic amines) is 1. The molecule has 2 amide bonds. The Morgan fingerprint density at radius 1 is 1.26 bits per heavy atom. The smallest absolute Gasteiger partial charge is 0.253 e. The Labute approximate surface area is 167 Å². The standard InChI is InChI=1S/C19H23ClN4O2S/c1-13(21-18(26)15-7-3-4-8-16(15)20)17(25)23-19-22-14(12-27-19)11-24-9-5-2-6-10-24/h3-4,7-8,12-13H,2,5-6,9-11H2,1H3,(H,21,26)(H,22,23,25). The van der Waals surface area contributed by atoms with Gasteiger partial charge < -0.3 is 10.6 Å². The van der Waals surface area contributed by atoms with Gasteiger partial charge in [0.15, 0.2) is 5.13 Å². The molecule has 0 spiro atoms. The minimum absolute atomic E-state index is 0.311. The van der Waals surface area contributed by atoms with Crippen molar-refractivity contribution in [1.82, 2.24) is 15.2 Å². The number of amides is 2. The first kappa shape index (κ1) is 19.8. The fourth-order valence-corrected chi connectivity index (χ4v) is 3.91. The first-order chi connectivity index (χ1) is 13.0. The summed E-state index contributed by atoms with van der Waals surface area (Å²) < 4.78 is 0. The lowest BCUT2D eigenvalue weighted by Crippen LogP contribution is -2.41. The zero-order valence-corrected chi connectivity index (χ0v) is 16.8. The molecule has 8 heteroatoms. The second-order valence-electron chi connectivity index (χ2n) is 6.65. The van der Waals surface area contributed by atoms with Gasteiger partial charge in [0.05, 0.1) is 16.3 Å². The number of carbonyl (C=O) groups is 2. The highest BCUT2D eigenvalue weighted by molar-refractivity contribution is 7.13. The van der Waals surface area contributed by atoms with E-state index in [4.69, 9.17) is 11.6 Å². The summed E-state index contributed by atoms with van der Waals surface area (Å²) in [7, 11) is 0. The summed E-state index contributed by atoms with van der Waals surface area (Å²) in [5.41, 5.74) is 1.31. The van der Waals surface area contributed by atoms with Crippen molar-refractivity contribution >= 4 is 39.9 Å². The molecule has 0 aliphatic carbocycles. The first-order valence-electron chi connectivity index (χ1n) is 9.06. The van der Waals surface area contributed by atoms with Gasteiger partial charge in [-0.15, -0.1) is 11.3 Å². The molecule has 0 saturated carbocycles. The summed E-state index contributed by atoms with van der Waals surface area (Å²) in [4.78, 5) is 31.5. The predicted octanol–water partition coefficient (Wildman–Crippen LogP) is 3.54. The van der Waals surface area contributed by atoms with Crippen LogP contribution in [0.15, 0.2) is 29.6 Å². The van der Waals surface area contributed by atoms with Crippen LogP contribution in [0.1, 0.15) is 42.2 Å². The lowest BCUT2D eigenvalue weighted by atomic mass is 10.1. The predicted molar refractivity (Wildman–Crippen MR) is 108 cm³/mol. The van der Waals surface area contributed by atoms with E-state index in [-0.39, 0.29) is 11.8 Å². The molecule has 0 radical (unpaired) electrons. The minimum Gasteiger partial charge on any atom is -0.340 e. The van der Waals surface area contributed by atoms with Crippen molar-refractivity contribution in [3.63, 3.8) is 0 Å². The van der Waals surface area contributed by atoms with Crippen LogP contribution >= 0.6 is 22.9 Å². The third-order valence-corrected chi connectivity index (χ3v) is 5.61. The molecule has 6 nitrogen and oxygen atoms in total. The quantitative estimate of drug-likeness (QED) is 0.769. The summed E-state index contributed by atoms with van der Waals surface area (Å²) in [6.45, 7) is 4.64. The zero-order chi connectivity index (χ0) is 19.2. The fraction of sp³-hybridized carbons (Fsp3) is 0.421. The average molecular weight is 407 g/mol. The SMILES string of the molecule is CC(NC(=O)c1ccccc1Cl)C(=O)Nc1nc(CN2CCCCC2)cs1. The van der Waals surface area contributed by atoms with Gasteiger partial charge >= 0.3 is 0 Å². The number of benzene rings is 1. The molecule has 27 heavy (non-hydrogen) atoms. The molecule has 1 atom stereocenters. The molecule has 1 aliphatic heterocycles. The van der Waals surface area contributed by atoms with Crippen molar-refractivity contribution in [3.8, 4) is 0 Å². The number of thiazole rings is 1. The Balaban J connectivity index is 1.52. The minimum atomic E-state index is -0.705. The van der Waals surface area contributed by atoms with E-state index >= 15 is 0 Å². The van der Waals surface area contributed by atoms with E-state index in [9.17, 15) is 9.59 Å². The van der Waals surface area contributed by atoms with Crippen molar-refractivity contribution in [1.29, 1.82) is 0 Å². The third kappa shape index (κ3) is 5.51. The molecule has 1 aromatic heterocycles. The normalized spacial score (nSPS) is 15.9. The van der Waals surface area contributed by atoms with Crippen LogP contribution in [0, 0.1) is 0 Å². The molecule has 1 aliphatic rings. The molecule has 1 aromatic carbocycles. The number of nitrogens with one attached hydrogen (secondary N) is 2. The van der Waals surface area contributed by atoms with Gasteiger partial charge in [0.1, 0.15) is 6.04 Å². The molecule has 0 bridgehead atoms. The summed E-state index contributed by atoms with van der Waals surface area (Å²) in [6, 6.07) is 6.03. The van der Waals surface area contributed by atoms with Crippen molar-refractivity contribution < 1.29 is 9.59 Å². The van der Waals surface area contributed by atoms with E-state index in [1.54, 1.807) is 31.2 Å². The number of piperidine rings is 1. The van der Waals surface area contributed by atoms with Crippen LogP contribution in [0.3, 0.4) is 0 Å². The van der Waals surface area contributed by atoms with Gasteiger partial charge in [-0.3, -0.25) is 14.5 Å². The molecule has 1 saturated heterocycles. The number of aromatic nitrogens is 1. The van der Waals surface area contributed by atoms with Crippen molar-refractivity contribution in [2.24, 2.45) is 0 Å². The number of nitrogens with zero attached hydrogens (tertiary/aromatic N) is 2. The molecule has 3 rings (SSSR count). The van der Waals surface area contributed by atoms with Crippen LogP contribution in [-0.2, 0) is 11.3 Å². The van der Waals surface area contributed by atoms with Gasteiger partial charge in [-0.05, 0) is 45.0 Å². The highest BCUT2D eigenvalue weighted by Crippen LogP contribution is 2.19. The fourth-order valence-electron chi connectivity index (χ4n) is 2.98. The van der Waals surface area contributed by atoms with Crippen LogP contribution in [0.4, 0.5) is 5.13 Å². The van der Waals surface area contributed by atoms with E-state index in [1.807, 2.05) is 5.38 Å². The number of halogens is 1. The molecule has 144 valence electrons. The van der Waals surface area contributed by atoms with E-state index in [1.165, 1.54) is 30.6 Å². The number of hydrogen-bond donors (Lipinski definition) is 2. The van der Waals surface area contributed by atoms with Gasteiger partial charge in [0.2, 0.25) is 5.91 Å². The summed E-state index contributed by atoms with van der Waals surface area (Å²) in [5.74, 6) is -0.692. The summed E-state index contributed by atoms with van der Waals surface area (Å²) in [5, 5.41) is 8.30. The Kier molecular flexibility index (Phi) is 6.82. The maximum atomic E-state index is 12.4. The molecule has 2 N–H and O–H groups in total. The highest BCUT2D eigenvalue weighted by Gasteiger charge is 2.19. The molecule has 2 heterocycles.